The maximum Gasteiger partial charge on any atom is 0.294 e. The Labute approximate surface area is 170 Å². The molecular formula is C22H30N2O5. The van der Waals surface area contributed by atoms with Gasteiger partial charge in [-0.3, -0.25) is 14.9 Å². The molecule has 0 aliphatic heterocycles. The van der Waals surface area contributed by atoms with Gasteiger partial charge in [-0.1, -0.05) is 46.0 Å². The Kier molecular flexibility index (Phi) is 8.70. The lowest BCUT2D eigenvalue weighted by Gasteiger charge is -2.15. The largest absolute Gasteiger partial charge is 0.485 e. The Hall–Kier alpha value is -2.83. The van der Waals surface area contributed by atoms with Crippen molar-refractivity contribution < 1.29 is 14.4 Å². The lowest BCUT2D eigenvalue weighted by atomic mass is 10.1. The summed E-state index contributed by atoms with van der Waals surface area (Å²) in [5.41, 5.74) is -0.204. The summed E-state index contributed by atoms with van der Waals surface area (Å²) in [6, 6.07) is 4.31. The number of nitrogens with zero attached hydrogens (tertiary/aromatic N) is 1. The van der Waals surface area contributed by atoms with E-state index in [0.29, 0.717) is 35.4 Å². The fourth-order valence-corrected chi connectivity index (χ4v) is 3.11. The third kappa shape index (κ3) is 6.07. The summed E-state index contributed by atoms with van der Waals surface area (Å²) in [5.74, 6) is 1.12. The summed E-state index contributed by atoms with van der Waals surface area (Å²) in [7, 11) is 0. The average molecular weight is 402 g/mol. The summed E-state index contributed by atoms with van der Waals surface area (Å²) in [4.78, 5) is 25.9. The zero-order valence-electron chi connectivity index (χ0n) is 17.5. The first-order valence-electron chi connectivity index (χ1n) is 10.3. The van der Waals surface area contributed by atoms with Gasteiger partial charge >= 0.3 is 0 Å². The lowest BCUT2D eigenvalue weighted by Crippen LogP contribution is -2.14. The van der Waals surface area contributed by atoms with Crippen molar-refractivity contribution in [1.29, 1.82) is 0 Å². The number of fused-ring (bicyclic) bond motifs is 1. The van der Waals surface area contributed by atoms with Crippen molar-refractivity contribution in [3.05, 3.63) is 50.5 Å². The van der Waals surface area contributed by atoms with E-state index in [1.54, 1.807) is 6.07 Å². The molecule has 29 heavy (non-hydrogen) atoms. The quantitative estimate of drug-likeness (QED) is 0.207. The highest BCUT2D eigenvalue weighted by atomic mass is 16.6. The van der Waals surface area contributed by atoms with Crippen LogP contribution in [0.2, 0.25) is 0 Å². The topological polar surface area (TPSA) is 94.5 Å². The number of hydrogen-bond donors (Lipinski definition) is 1. The predicted octanol–water partition coefficient (Wildman–Crippen LogP) is 5.87. The Morgan fingerprint density at radius 3 is 2.52 bits per heavy atom. The van der Waals surface area contributed by atoms with Gasteiger partial charge in [0.2, 0.25) is 5.75 Å². The van der Waals surface area contributed by atoms with Crippen molar-refractivity contribution in [1.82, 2.24) is 4.98 Å². The van der Waals surface area contributed by atoms with Crippen LogP contribution in [-0.2, 0) is 0 Å². The molecule has 0 aliphatic carbocycles. The summed E-state index contributed by atoms with van der Waals surface area (Å²) in [6.07, 6.45) is 9.17. The summed E-state index contributed by atoms with van der Waals surface area (Å²) < 4.78 is 11.8. The van der Waals surface area contributed by atoms with E-state index >= 15 is 0 Å². The van der Waals surface area contributed by atoms with Gasteiger partial charge in [-0.2, -0.15) is 0 Å². The minimum absolute atomic E-state index is 0.0957. The monoisotopic (exact) mass is 402 g/mol. The van der Waals surface area contributed by atoms with Crippen LogP contribution in [0.15, 0.2) is 34.8 Å². The van der Waals surface area contributed by atoms with Crippen LogP contribution in [0.25, 0.3) is 10.9 Å². The minimum Gasteiger partial charge on any atom is -0.485 e. The predicted molar refractivity (Wildman–Crippen MR) is 115 cm³/mol. The number of allylic oxidation sites excluding steroid dienone is 2. The normalized spacial score (nSPS) is 11.6. The Morgan fingerprint density at radius 2 is 1.86 bits per heavy atom. The van der Waals surface area contributed by atoms with E-state index in [1.165, 1.54) is 31.4 Å². The van der Waals surface area contributed by atoms with E-state index in [9.17, 15) is 14.9 Å². The van der Waals surface area contributed by atoms with Crippen LogP contribution >= 0.6 is 0 Å². The van der Waals surface area contributed by atoms with Crippen molar-refractivity contribution in [2.45, 2.75) is 65.7 Å². The number of nitro groups is 1. The van der Waals surface area contributed by atoms with E-state index in [1.807, 2.05) is 19.9 Å². The number of nitrogens with one attached hydrogen (secondary N) is 1. The molecule has 0 saturated heterocycles. The summed E-state index contributed by atoms with van der Waals surface area (Å²) in [6.45, 7) is 6.41. The first kappa shape index (κ1) is 22.5. The van der Waals surface area contributed by atoms with Crippen molar-refractivity contribution in [3.8, 4) is 11.5 Å². The lowest BCUT2D eigenvalue weighted by molar-refractivity contribution is -0.384. The number of nitro benzene ring substituents is 1. The highest BCUT2D eigenvalue weighted by molar-refractivity contribution is 5.89. The minimum atomic E-state index is -0.495. The fourth-order valence-electron chi connectivity index (χ4n) is 3.11. The molecule has 0 fully saturated rings. The average Bonchev–Trinajstić information content (AvgIpc) is 2.71. The van der Waals surface area contributed by atoms with Gasteiger partial charge in [0.25, 0.3) is 11.2 Å². The third-order valence-electron chi connectivity index (χ3n) is 4.77. The van der Waals surface area contributed by atoms with Crippen LogP contribution in [0.3, 0.4) is 0 Å². The zero-order chi connectivity index (χ0) is 21.2. The van der Waals surface area contributed by atoms with Gasteiger partial charge in [-0.05, 0) is 25.5 Å². The molecule has 0 aliphatic rings. The van der Waals surface area contributed by atoms with E-state index in [4.69, 9.17) is 9.47 Å². The molecule has 1 N–H and O–H groups in total. The number of benzene rings is 1. The van der Waals surface area contributed by atoms with E-state index in [0.717, 1.165) is 19.3 Å². The molecule has 1 heterocycles. The number of aromatic amines is 1. The van der Waals surface area contributed by atoms with Gasteiger partial charge in [0.05, 0.1) is 22.8 Å². The summed E-state index contributed by atoms with van der Waals surface area (Å²) in [5, 5.41) is 11.6. The molecule has 0 spiro atoms. The molecule has 0 unspecified atom stereocenters. The Bertz CT molecular complexity index is 917. The van der Waals surface area contributed by atoms with Crippen molar-refractivity contribution in [2.75, 3.05) is 6.61 Å². The maximum absolute atomic E-state index is 12.6. The van der Waals surface area contributed by atoms with Crippen LogP contribution in [0.5, 0.6) is 11.5 Å². The molecule has 7 nitrogen and oxygen atoms in total. The first-order valence-corrected chi connectivity index (χ1v) is 10.3. The third-order valence-corrected chi connectivity index (χ3v) is 4.77. The molecule has 2 aromatic rings. The highest BCUT2D eigenvalue weighted by Gasteiger charge is 2.19. The second-order valence-corrected chi connectivity index (χ2v) is 6.93. The number of ether oxygens (including phenoxy) is 2. The SMILES string of the molecule is CC=C(CC)Oc1c(OCCCCCCCC)c(=O)[nH]c2cc([N+](=O)[O-])ccc12. The number of pyridine rings is 1. The molecule has 0 saturated carbocycles. The summed E-state index contributed by atoms with van der Waals surface area (Å²) >= 11 is 0. The number of unbranched alkanes of at least 4 members (excludes halogenated alkanes) is 5. The molecule has 2 rings (SSSR count). The van der Waals surface area contributed by atoms with Gasteiger partial charge in [0.15, 0.2) is 5.75 Å². The van der Waals surface area contributed by atoms with Crippen molar-refractivity contribution >= 4 is 16.6 Å². The van der Waals surface area contributed by atoms with Crippen LogP contribution in [0.1, 0.15) is 65.7 Å². The maximum atomic E-state index is 12.6. The van der Waals surface area contributed by atoms with Gasteiger partial charge in [0.1, 0.15) is 0 Å². The van der Waals surface area contributed by atoms with Gasteiger partial charge < -0.3 is 14.5 Å². The molecule has 0 radical (unpaired) electrons. The molecular weight excluding hydrogens is 372 g/mol. The second-order valence-electron chi connectivity index (χ2n) is 6.93. The molecule has 0 atom stereocenters. The number of rotatable bonds is 12. The van der Waals surface area contributed by atoms with Crippen LogP contribution in [0.4, 0.5) is 5.69 Å². The molecule has 7 heteroatoms. The van der Waals surface area contributed by atoms with Crippen LogP contribution in [-0.4, -0.2) is 16.5 Å². The van der Waals surface area contributed by atoms with E-state index in [-0.39, 0.29) is 11.4 Å². The molecule has 1 aromatic carbocycles. The zero-order valence-corrected chi connectivity index (χ0v) is 17.5. The molecule has 0 amide bonds. The van der Waals surface area contributed by atoms with Gasteiger partial charge in [-0.15, -0.1) is 0 Å². The Morgan fingerprint density at radius 1 is 1.14 bits per heavy atom. The number of H-pyrrole nitrogens is 1. The standard InChI is InChI=1S/C22H30N2O5/c1-4-7-8-9-10-11-14-28-21-20(29-17(5-2)6-3)18-13-12-16(24(26)27)15-19(18)23-22(21)25/h5,12-13,15H,4,6-11,14H2,1-3H3,(H,23,25). The fraction of sp³-hybridized carbons (Fsp3) is 0.500. The number of aromatic nitrogens is 1. The van der Waals surface area contributed by atoms with Crippen molar-refractivity contribution in [2.24, 2.45) is 0 Å². The van der Waals surface area contributed by atoms with Gasteiger partial charge in [-0.25, -0.2) is 0 Å². The number of hydrogen-bond acceptors (Lipinski definition) is 5. The van der Waals surface area contributed by atoms with Crippen LogP contribution in [0, 0.1) is 10.1 Å². The molecule has 0 bridgehead atoms. The number of non-ortho nitro benzene ring substituents is 1. The molecule has 1 aromatic heterocycles. The van der Waals surface area contributed by atoms with E-state index < -0.39 is 10.5 Å². The smallest absolute Gasteiger partial charge is 0.294 e. The Balaban J connectivity index is 2.31. The molecule has 158 valence electrons. The van der Waals surface area contributed by atoms with Crippen LogP contribution < -0.4 is 15.0 Å². The highest BCUT2D eigenvalue weighted by Crippen LogP contribution is 2.35. The second kappa shape index (κ2) is 11.2. The van der Waals surface area contributed by atoms with Gasteiger partial charge in [0, 0.05) is 23.9 Å². The van der Waals surface area contributed by atoms with E-state index in [2.05, 4.69) is 11.9 Å². The van der Waals surface area contributed by atoms with Crippen molar-refractivity contribution in [3.63, 3.8) is 0 Å². The first-order chi connectivity index (χ1) is 14.0.